The van der Waals surface area contributed by atoms with Gasteiger partial charge < -0.3 is 18.9 Å². The summed E-state index contributed by atoms with van der Waals surface area (Å²) in [4.78, 5) is 59.9. The first-order chi connectivity index (χ1) is 17.8. The van der Waals surface area contributed by atoms with E-state index in [9.17, 15) is 29.3 Å². The monoisotopic (exact) mass is 527 g/mol. The molecule has 11 heteroatoms. The molecule has 0 aliphatic heterocycles. The lowest BCUT2D eigenvalue weighted by molar-refractivity contribution is -0.384. The molecule has 0 radical (unpaired) electrons. The molecule has 0 amide bonds. The van der Waals surface area contributed by atoms with Crippen LogP contribution in [0, 0.1) is 33.3 Å². The standard InChI is InChI=1S/C27H29NO10/c1-7-26(4)21(37-25(32)18-8-10-20(11-9-18)28(33)34)14-19(17(2)3)16-27(26,13-12-22(29)35-5)38-24(31)15-23(30)36-6/h7-11,19,21H,1-2,14-16H2,3-6H3/t19-,21+,26+,27-/m1/s1. The number of esters is 4. The molecular weight excluding hydrogens is 498 g/mol. The first-order valence-corrected chi connectivity index (χ1v) is 11.5. The smallest absolute Gasteiger partial charge is 0.384 e. The highest BCUT2D eigenvalue weighted by Crippen LogP contribution is 2.52. The molecule has 11 nitrogen and oxygen atoms in total. The second-order valence-electron chi connectivity index (χ2n) is 8.96. The van der Waals surface area contributed by atoms with Crippen LogP contribution in [0.3, 0.4) is 0 Å². The number of carbonyl (C=O) groups excluding carboxylic acids is 4. The lowest BCUT2D eigenvalue weighted by Gasteiger charge is -2.52. The van der Waals surface area contributed by atoms with Gasteiger partial charge in [-0.05, 0) is 44.2 Å². The topological polar surface area (TPSA) is 148 Å². The summed E-state index contributed by atoms with van der Waals surface area (Å²) in [6.45, 7) is 11.2. The Labute approximate surface area is 219 Å². The molecule has 38 heavy (non-hydrogen) atoms. The van der Waals surface area contributed by atoms with E-state index in [1.165, 1.54) is 30.3 Å². The van der Waals surface area contributed by atoms with Crippen LogP contribution in [0.25, 0.3) is 0 Å². The minimum atomic E-state index is -1.80. The molecule has 202 valence electrons. The number of hydrogen-bond donors (Lipinski definition) is 0. The number of carbonyl (C=O) groups is 4. The fraction of sp³-hybridized carbons (Fsp3) is 0.407. The van der Waals surface area contributed by atoms with Crippen molar-refractivity contribution in [1.82, 2.24) is 0 Å². The lowest BCUT2D eigenvalue weighted by atomic mass is 9.58. The zero-order valence-electron chi connectivity index (χ0n) is 21.6. The van der Waals surface area contributed by atoms with Gasteiger partial charge in [0.05, 0.1) is 30.1 Å². The van der Waals surface area contributed by atoms with Crippen molar-refractivity contribution in [1.29, 1.82) is 0 Å². The van der Waals surface area contributed by atoms with E-state index >= 15 is 0 Å². The normalized spacial score (nSPS) is 24.0. The van der Waals surface area contributed by atoms with Crippen molar-refractivity contribution < 1.29 is 43.0 Å². The van der Waals surface area contributed by atoms with E-state index in [-0.39, 0.29) is 24.1 Å². The molecule has 1 aliphatic rings. The average molecular weight is 528 g/mol. The number of nitro benzene ring substituents is 1. The summed E-state index contributed by atoms with van der Waals surface area (Å²) in [6, 6.07) is 4.85. The van der Waals surface area contributed by atoms with E-state index in [0.29, 0.717) is 5.57 Å². The zero-order chi connectivity index (χ0) is 28.7. The number of non-ortho nitro benzene ring substituents is 1. The first-order valence-electron chi connectivity index (χ1n) is 11.5. The van der Waals surface area contributed by atoms with Crippen molar-refractivity contribution in [2.45, 2.75) is 44.8 Å². The highest BCUT2D eigenvalue weighted by atomic mass is 16.6. The first kappa shape index (κ1) is 29.8. The number of methoxy groups -OCH3 is 2. The maximum Gasteiger partial charge on any atom is 0.384 e. The van der Waals surface area contributed by atoms with Gasteiger partial charge in [-0.2, -0.15) is 0 Å². The van der Waals surface area contributed by atoms with Gasteiger partial charge in [0.1, 0.15) is 12.5 Å². The summed E-state index contributed by atoms with van der Waals surface area (Å²) in [5, 5.41) is 11.0. The van der Waals surface area contributed by atoms with E-state index in [0.717, 1.165) is 14.2 Å². The third-order valence-electron chi connectivity index (χ3n) is 6.61. The Hall–Kier alpha value is -4.46. The molecule has 0 spiro atoms. The maximum absolute atomic E-state index is 13.1. The van der Waals surface area contributed by atoms with Gasteiger partial charge in [0, 0.05) is 24.5 Å². The summed E-state index contributed by atoms with van der Waals surface area (Å²) in [7, 11) is 2.24. The maximum atomic E-state index is 13.1. The minimum absolute atomic E-state index is 0.0490. The van der Waals surface area contributed by atoms with E-state index in [1.54, 1.807) is 13.8 Å². The second kappa shape index (κ2) is 12.2. The molecule has 0 aromatic heterocycles. The molecule has 1 fully saturated rings. The van der Waals surface area contributed by atoms with Crippen LogP contribution in [-0.4, -0.2) is 54.7 Å². The molecule has 0 bridgehead atoms. The summed E-state index contributed by atoms with van der Waals surface area (Å²) in [6.07, 6.45) is -0.0282. The Morgan fingerprint density at radius 3 is 2.29 bits per heavy atom. The van der Waals surface area contributed by atoms with Gasteiger partial charge in [0.25, 0.3) is 5.69 Å². The summed E-state index contributed by atoms with van der Waals surface area (Å²) in [5.74, 6) is 1.08. The average Bonchev–Trinajstić information content (AvgIpc) is 2.89. The Balaban J connectivity index is 2.60. The molecule has 1 aromatic rings. The minimum Gasteiger partial charge on any atom is -0.469 e. The van der Waals surface area contributed by atoms with Crippen LogP contribution in [0.2, 0.25) is 0 Å². The summed E-state index contributed by atoms with van der Waals surface area (Å²) >= 11 is 0. The molecular formula is C27H29NO10. The molecule has 0 N–H and O–H groups in total. The Bertz CT molecular complexity index is 1210. The highest BCUT2D eigenvalue weighted by Gasteiger charge is 2.59. The Kier molecular flexibility index (Phi) is 9.55. The van der Waals surface area contributed by atoms with Gasteiger partial charge in [-0.25, -0.2) is 9.59 Å². The molecule has 0 heterocycles. The molecule has 4 atom stereocenters. The fourth-order valence-corrected chi connectivity index (χ4v) is 4.16. The second-order valence-corrected chi connectivity index (χ2v) is 8.96. The van der Waals surface area contributed by atoms with Crippen LogP contribution in [0.4, 0.5) is 5.69 Å². The van der Waals surface area contributed by atoms with Crippen LogP contribution in [0.15, 0.2) is 49.1 Å². The van der Waals surface area contributed by atoms with Gasteiger partial charge in [-0.3, -0.25) is 19.7 Å². The molecule has 0 saturated heterocycles. The number of nitro groups is 1. The summed E-state index contributed by atoms with van der Waals surface area (Å²) in [5.41, 5.74) is -2.67. The van der Waals surface area contributed by atoms with Crippen LogP contribution in [-0.2, 0) is 33.3 Å². The van der Waals surface area contributed by atoms with Gasteiger partial charge >= 0.3 is 23.9 Å². The highest BCUT2D eigenvalue weighted by molar-refractivity contribution is 5.92. The number of nitrogens with zero attached hydrogens (tertiary/aromatic N) is 1. The molecule has 1 saturated carbocycles. The largest absolute Gasteiger partial charge is 0.469 e. The number of ether oxygens (including phenoxy) is 4. The van der Waals surface area contributed by atoms with Crippen molar-refractivity contribution in [3.05, 3.63) is 64.8 Å². The van der Waals surface area contributed by atoms with E-state index in [2.05, 4.69) is 34.5 Å². The zero-order valence-corrected chi connectivity index (χ0v) is 21.6. The quantitative estimate of drug-likeness (QED) is 0.0720. The Morgan fingerprint density at radius 1 is 1.16 bits per heavy atom. The third kappa shape index (κ3) is 6.45. The number of benzene rings is 1. The summed E-state index contributed by atoms with van der Waals surface area (Å²) < 4.78 is 20.8. The van der Waals surface area contributed by atoms with Crippen LogP contribution in [0.1, 0.15) is 43.5 Å². The van der Waals surface area contributed by atoms with Gasteiger partial charge in [-0.15, -0.1) is 6.58 Å². The van der Waals surface area contributed by atoms with Gasteiger partial charge in [-0.1, -0.05) is 18.2 Å². The number of hydrogen-bond acceptors (Lipinski definition) is 10. The van der Waals surface area contributed by atoms with Gasteiger partial charge in [0.2, 0.25) is 0 Å². The van der Waals surface area contributed by atoms with Crippen molar-refractivity contribution in [2.24, 2.45) is 11.3 Å². The van der Waals surface area contributed by atoms with Crippen molar-refractivity contribution in [2.75, 3.05) is 14.2 Å². The Morgan fingerprint density at radius 2 is 1.79 bits per heavy atom. The molecule has 2 rings (SSSR count). The number of allylic oxidation sites excluding steroid dienone is 1. The molecule has 1 aromatic carbocycles. The van der Waals surface area contributed by atoms with E-state index in [4.69, 9.17) is 9.47 Å². The van der Waals surface area contributed by atoms with Crippen LogP contribution >= 0.6 is 0 Å². The fourth-order valence-electron chi connectivity index (χ4n) is 4.16. The van der Waals surface area contributed by atoms with Crippen molar-refractivity contribution in [3.63, 3.8) is 0 Å². The van der Waals surface area contributed by atoms with E-state index < -0.39 is 58.3 Å². The van der Waals surface area contributed by atoms with Crippen molar-refractivity contribution in [3.8, 4) is 11.8 Å². The number of rotatable bonds is 8. The SMILES string of the molecule is C=C[C@@]1(C)[C@@H](OC(=O)c2ccc([N+](=O)[O-])cc2)C[C@@H](C(=C)C)C[C@@]1(C#CC(=O)OC)OC(=O)CC(=O)OC. The van der Waals surface area contributed by atoms with E-state index in [1.807, 2.05) is 0 Å². The van der Waals surface area contributed by atoms with Crippen LogP contribution < -0.4 is 0 Å². The van der Waals surface area contributed by atoms with Gasteiger partial charge in [0.15, 0.2) is 5.60 Å². The predicted molar refractivity (Wildman–Crippen MR) is 133 cm³/mol. The molecule has 1 aliphatic carbocycles. The lowest BCUT2D eigenvalue weighted by Crippen LogP contribution is -2.60. The third-order valence-corrected chi connectivity index (χ3v) is 6.61. The van der Waals surface area contributed by atoms with Crippen molar-refractivity contribution >= 4 is 29.6 Å². The molecule has 0 unspecified atom stereocenters. The predicted octanol–water partition coefficient (Wildman–Crippen LogP) is 3.32. The van der Waals surface area contributed by atoms with Crippen LogP contribution in [0.5, 0.6) is 0 Å².